The van der Waals surface area contributed by atoms with Gasteiger partial charge in [-0.3, -0.25) is 9.59 Å². The van der Waals surface area contributed by atoms with E-state index in [0.29, 0.717) is 55.7 Å². The van der Waals surface area contributed by atoms with Gasteiger partial charge in [-0.1, -0.05) is 53.7 Å². The van der Waals surface area contributed by atoms with Gasteiger partial charge in [0.05, 0.1) is 0 Å². The van der Waals surface area contributed by atoms with E-state index in [1.165, 1.54) is 0 Å². The maximum absolute atomic E-state index is 12.8. The number of aryl methyl sites for hydroxylation is 1. The van der Waals surface area contributed by atoms with Gasteiger partial charge in [0.15, 0.2) is 5.76 Å². The van der Waals surface area contributed by atoms with Crippen LogP contribution in [0, 0.1) is 0 Å². The number of aromatic nitrogens is 2. The van der Waals surface area contributed by atoms with Crippen molar-refractivity contribution in [3.63, 3.8) is 0 Å². The second-order valence-corrected chi connectivity index (χ2v) is 7.70. The molecule has 0 unspecified atom stereocenters. The van der Waals surface area contributed by atoms with E-state index < -0.39 is 0 Å². The first-order valence-electron chi connectivity index (χ1n) is 10.6. The zero-order valence-corrected chi connectivity index (χ0v) is 17.4. The van der Waals surface area contributed by atoms with Crippen molar-refractivity contribution in [3.8, 4) is 11.4 Å². The lowest BCUT2D eigenvalue weighted by atomic mass is 10.2. The Bertz CT molecular complexity index is 1210. The van der Waals surface area contributed by atoms with Gasteiger partial charge in [-0.25, -0.2) is 0 Å². The lowest BCUT2D eigenvalue weighted by Gasteiger charge is -2.34. The van der Waals surface area contributed by atoms with Gasteiger partial charge in [-0.2, -0.15) is 4.98 Å². The second kappa shape index (κ2) is 8.66. The third-order valence-corrected chi connectivity index (χ3v) is 5.61. The number of furan rings is 1. The highest BCUT2D eigenvalue weighted by molar-refractivity contribution is 5.96. The number of para-hydroxylation sites is 1. The third kappa shape index (κ3) is 4.12. The van der Waals surface area contributed by atoms with Crippen LogP contribution in [-0.2, 0) is 11.2 Å². The van der Waals surface area contributed by atoms with Gasteiger partial charge < -0.3 is 18.7 Å². The fraction of sp³-hybridized carbons (Fsp3) is 0.250. The molecule has 5 rings (SSSR count). The predicted molar refractivity (Wildman–Crippen MR) is 117 cm³/mol. The summed E-state index contributed by atoms with van der Waals surface area (Å²) in [4.78, 5) is 33.3. The van der Waals surface area contributed by atoms with Crippen molar-refractivity contribution in [2.75, 3.05) is 26.2 Å². The van der Waals surface area contributed by atoms with Gasteiger partial charge in [-0.05, 0) is 12.1 Å². The SMILES string of the molecule is O=C(CCc1nc(-c2ccccc2)no1)N1CCN(C(=O)c2cc3ccccc3o2)CC1. The highest BCUT2D eigenvalue weighted by atomic mass is 16.5. The molecule has 8 nitrogen and oxygen atoms in total. The third-order valence-electron chi connectivity index (χ3n) is 5.61. The maximum atomic E-state index is 12.8. The summed E-state index contributed by atoms with van der Waals surface area (Å²) in [6, 6.07) is 18.9. The minimum absolute atomic E-state index is 0.0142. The number of fused-ring (bicyclic) bond motifs is 1. The molecule has 2 aromatic carbocycles. The number of nitrogens with zero attached hydrogens (tertiary/aromatic N) is 4. The molecule has 0 N–H and O–H groups in total. The molecule has 3 heterocycles. The number of carbonyl (C=O) groups excluding carboxylic acids is 2. The molecule has 2 amide bonds. The Hall–Kier alpha value is -3.94. The molecule has 1 saturated heterocycles. The first kappa shape index (κ1) is 20.0. The zero-order valence-electron chi connectivity index (χ0n) is 17.4. The lowest BCUT2D eigenvalue weighted by Crippen LogP contribution is -2.50. The molecule has 0 atom stereocenters. The summed E-state index contributed by atoms with van der Waals surface area (Å²) < 4.78 is 11.0. The van der Waals surface area contributed by atoms with E-state index in [1.54, 1.807) is 15.9 Å². The summed E-state index contributed by atoms with van der Waals surface area (Å²) in [6.07, 6.45) is 0.671. The highest BCUT2D eigenvalue weighted by Gasteiger charge is 2.26. The van der Waals surface area contributed by atoms with Gasteiger partial charge in [0.2, 0.25) is 17.6 Å². The number of carbonyl (C=O) groups is 2. The minimum atomic E-state index is -0.146. The monoisotopic (exact) mass is 430 g/mol. The smallest absolute Gasteiger partial charge is 0.289 e. The predicted octanol–water partition coefficient (Wildman–Crippen LogP) is 3.40. The van der Waals surface area contributed by atoms with Gasteiger partial charge in [0.1, 0.15) is 5.58 Å². The average Bonchev–Trinajstić information content (AvgIpc) is 3.50. The van der Waals surface area contributed by atoms with Crippen LogP contribution in [0.2, 0.25) is 0 Å². The summed E-state index contributed by atoms with van der Waals surface area (Å²) in [6.45, 7) is 1.93. The van der Waals surface area contributed by atoms with Crippen LogP contribution in [-0.4, -0.2) is 57.9 Å². The molecule has 0 radical (unpaired) electrons. The standard InChI is InChI=1S/C24H22N4O4/c29-22(11-10-21-25-23(26-32-21)17-6-2-1-3-7-17)27-12-14-28(15-13-27)24(30)20-16-18-8-4-5-9-19(18)31-20/h1-9,16H,10-15H2. The van der Waals surface area contributed by atoms with Gasteiger partial charge >= 0.3 is 0 Å². The van der Waals surface area contributed by atoms with Crippen LogP contribution in [0.3, 0.4) is 0 Å². The van der Waals surface area contributed by atoms with Crippen LogP contribution in [0.5, 0.6) is 0 Å². The quantitative estimate of drug-likeness (QED) is 0.482. The Kier molecular flexibility index (Phi) is 5.41. The second-order valence-electron chi connectivity index (χ2n) is 7.70. The van der Waals surface area contributed by atoms with Crippen molar-refractivity contribution in [3.05, 3.63) is 72.3 Å². The number of rotatable bonds is 5. The highest BCUT2D eigenvalue weighted by Crippen LogP contribution is 2.21. The Morgan fingerprint density at radius 1 is 0.906 bits per heavy atom. The van der Waals surface area contributed by atoms with Crippen LogP contribution >= 0.6 is 0 Å². The van der Waals surface area contributed by atoms with Crippen molar-refractivity contribution >= 4 is 22.8 Å². The number of hydrogen-bond donors (Lipinski definition) is 0. The topological polar surface area (TPSA) is 92.7 Å². The first-order valence-corrected chi connectivity index (χ1v) is 10.6. The number of amides is 2. The normalized spacial score (nSPS) is 14.1. The molecule has 2 aromatic heterocycles. The summed E-state index contributed by atoms with van der Waals surface area (Å²) in [5.41, 5.74) is 1.57. The minimum Gasteiger partial charge on any atom is -0.451 e. The summed E-state index contributed by atoms with van der Waals surface area (Å²) in [5.74, 6) is 1.16. The molecule has 1 aliphatic rings. The molecular formula is C24H22N4O4. The molecule has 32 heavy (non-hydrogen) atoms. The Labute approximate surface area is 184 Å². The van der Waals surface area contributed by atoms with Crippen LogP contribution < -0.4 is 0 Å². The number of benzene rings is 2. The van der Waals surface area contributed by atoms with Crippen LogP contribution in [0.15, 0.2) is 69.6 Å². The van der Waals surface area contributed by atoms with Crippen molar-refractivity contribution in [2.24, 2.45) is 0 Å². The molecule has 1 fully saturated rings. The zero-order chi connectivity index (χ0) is 21.9. The summed E-state index contributed by atoms with van der Waals surface area (Å²) >= 11 is 0. The number of piperazine rings is 1. The van der Waals surface area contributed by atoms with Crippen LogP contribution in [0.4, 0.5) is 0 Å². The summed E-state index contributed by atoms with van der Waals surface area (Å²) in [7, 11) is 0. The molecule has 4 aromatic rings. The van der Waals surface area contributed by atoms with Crippen molar-refractivity contribution in [1.29, 1.82) is 0 Å². The fourth-order valence-electron chi connectivity index (χ4n) is 3.83. The average molecular weight is 430 g/mol. The lowest BCUT2D eigenvalue weighted by molar-refractivity contribution is -0.132. The van der Waals surface area contributed by atoms with E-state index in [2.05, 4.69) is 10.1 Å². The van der Waals surface area contributed by atoms with Crippen LogP contribution in [0.25, 0.3) is 22.4 Å². The van der Waals surface area contributed by atoms with E-state index in [0.717, 1.165) is 10.9 Å². The van der Waals surface area contributed by atoms with Crippen molar-refractivity contribution in [2.45, 2.75) is 12.8 Å². The van der Waals surface area contributed by atoms with Gasteiger partial charge in [0.25, 0.3) is 5.91 Å². The van der Waals surface area contributed by atoms with Crippen LogP contribution in [0.1, 0.15) is 22.9 Å². The molecule has 0 saturated carbocycles. The van der Waals surface area contributed by atoms with E-state index in [4.69, 9.17) is 8.94 Å². The molecule has 0 aliphatic carbocycles. The Morgan fingerprint density at radius 2 is 1.62 bits per heavy atom. The van der Waals surface area contributed by atoms with E-state index >= 15 is 0 Å². The van der Waals surface area contributed by atoms with Gasteiger partial charge in [0, 0.05) is 50.0 Å². The van der Waals surface area contributed by atoms with Crippen molar-refractivity contribution < 1.29 is 18.5 Å². The molecular weight excluding hydrogens is 408 g/mol. The summed E-state index contributed by atoms with van der Waals surface area (Å²) in [5, 5.41) is 4.89. The van der Waals surface area contributed by atoms with Crippen molar-refractivity contribution in [1.82, 2.24) is 19.9 Å². The number of hydrogen-bond acceptors (Lipinski definition) is 6. The van der Waals surface area contributed by atoms with E-state index in [1.807, 2.05) is 54.6 Å². The Morgan fingerprint density at radius 3 is 2.41 bits per heavy atom. The molecule has 1 aliphatic heterocycles. The Balaban J connectivity index is 1.13. The van der Waals surface area contributed by atoms with Gasteiger partial charge in [-0.15, -0.1) is 0 Å². The van der Waals surface area contributed by atoms with E-state index in [-0.39, 0.29) is 18.2 Å². The van der Waals surface area contributed by atoms with E-state index in [9.17, 15) is 9.59 Å². The molecule has 162 valence electrons. The molecule has 0 spiro atoms. The largest absolute Gasteiger partial charge is 0.451 e. The maximum Gasteiger partial charge on any atom is 0.289 e. The first-order chi connectivity index (χ1) is 15.7. The molecule has 0 bridgehead atoms. The fourth-order valence-corrected chi connectivity index (χ4v) is 3.83. The molecule has 8 heteroatoms.